The van der Waals surface area contributed by atoms with E-state index in [2.05, 4.69) is 53.5 Å². The standard InChI is InChI=1S/C27H34N4OS/c1-4-9-20(3)30-16-14-21(15-17-30)25-19-28-26-13-12-22(18-24(25)26)29-27(33)31(32-5-2)23-10-7-6-8-11-23/h6-8,10-14,18-20,28H,4-5,9,15-17H2,1-3H3,(H,29,33). The molecule has 174 valence electrons. The molecule has 3 aromatic rings. The van der Waals surface area contributed by atoms with Gasteiger partial charge in [0.05, 0.1) is 12.3 Å². The highest BCUT2D eigenvalue weighted by Gasteiger charge is 2.19. The number of aromatic amines is 1. The summed E-state index contributed by atoms with van der Waals surface area (Å²) in [4.78, 5) is 11.8. The largest absolute Gasteiger partial charge is 0.361 e. The molecule has 0 spiro atoms. The molecule has 2 aromatic carbocycles. The third-order valence-corrected chi connectivity index (χ3v) is 6.55. The second-order valence-electron chi connectivity index (χ2n) is 8.55. The lowest BCUT2D eigenvalue weighted by Gasteiger charge is -2.31. The number of fused-ring (bicyclic) bond motifs is 1. The Bertz CT molecular complexity index is 1110. The maximum atomic E-state index is 5.81. The molecule has 5 nitrogen and oxygen atoms in total. The lowest BCUT2D eigenvalue weighted by atomic mass is 9.97. The van der Waals surface area contributed by atoms with Crippen molar-refractivity contribution in [2.24, 2.45) is 0 Å². The number of para-hydroxylation sites is 1. The minimum atomic E-state index is 0.511. The van der Waals surface area contributed by atoms with E-state index in [1.54, 1.807) is 5.06 Å². The molecule has 0 amide bonds. The molecule has 0 fully saturated rings. The third kappa shape index (κ3) is 5.46. The van der Waals surface area contributed by atoms with Crippen LogP contribution in [0.5, 0.6) is 0 Å². The summed E-state index contributed by atoms with van der Waals surface area (Å²) in [5.41, 5.74) is 5.68. The van der Waals surface area contributed by atoms with Gasteiger partial charge in [0.1, 0.15) is 0 Å². The van der Waals surface area contributed by atoms with Crippen molar-refractivity contribution in [3.8, 4) is 0 Å². The monoisotopic (exact) mass is 462 g/mol. The van der Waals surface area contributed by atoms with E-state index in [9.17, 15) is 0 Å². The smallest absolute Gasteiger partial charge is 0.202 e. The van der Waals surface area contributed by atoms with Crippen LogP contribution >= 0.6 is 12.2 Å². The molecule has 1 atom stereocenters. The zero-order valence-corrected chi connectivity index (χ0v) is 20.6. The number of hydrogen-bond donors (Lipinski definition) is 2. The van der Waals surface area contributed by atoms with Crippen LogP contribution in [0.15, 0.2) is 60.8 Å². The van der Waals surface area contributed by atoms with E-state index in [0.29, 0.717) is 17.8 Å². The fourth-order valence-corrected chi connectivity index (χ4v) is 4.79. The number of aromatic nitrogens is 1. The van der Waals surface area contributed by atoms with Crippen molar-refractivity contribution >= 4 is 45.2 Å². The number of benzene rings is 2. The summed E-state index contributed by atoms with van der Waals surface area (Å²) in [6.07, 6.45) is 8.10. The van der Waals surface area contributed by atoms with Gasteiger partial charge in [0, 0.05) is 47.5 Å². The van der Waals surface area contributed by atoms with Crippen LogP contribution in [-0.2, 0) is 4.84 Å². The van der Waals surface area contributed by atoms with E-state index < -0.39 is 0 Å². The van der Waals surface area contributed by atoms with Gasteiger partial charge in [-0.05, 0) is 74.8 Å². The predicted molar refractivity (Wildman–Crippen MR) is 144 cm³/mol. The molecular formula is C27H34N4OS. The summed E-state index contributed by atoms with van der Waals surface area (Å²) in [5.74, 6) is 0. The first-order chi connectivity index (χ1) is 16.1. The predicted octanol–water partition coefficient (Wildman–Crippen LogP) is 6.60. The van der Waals surface area contributed by atoms with E-state index in [1.807, 2.05) is 43.3 Å². The summed E-state index contributed by atoms with van der Waals surface area (Å²) < 4.78 is 0. The Morgan fingerprint density at radius 2 is 2.03 bits per heavy atom. The second kappa shape index (κ2) is 11.0. The Balaban J connectivity index is 1.53. The van der Waals surface area contributed by atoms with Gasteiger partial charge in [-0.2, -0.15) is 5.06 Å². The number of rotatable bonds is 8. The molecule has 0 radical (unpaired) electrons. The van der Waals surface area contributed by atoms with E-state index in [-0.39, 0.29) is 0 Å². The fraction of sp³-hybridized carbons (Fsp3) is 0.370. The highest BCUT2D eigenvalue weighted by atomic mass is 32.1. The van der Waals surface area contributed by atoms with Crippen molar-refractivity contribution in [2.75, 3.05) is 30.1 Å². The van der Waals surface area contributed by atoms with Crippen molar-refractivity contribution in [3.05, 3.63) is 66.4 Å². The van der Waals surface area contributed by atoms with Crippen LogP contribution in [0.25, 0.3) is 16.5 Å². The SMILES string of the molecule is CCCC(C)N1CC=C(c2c[nH]c3ccc(NC(=S)N(OCC)c4ccccc4)cc23)CC1. The Morgan fingerprint density at radius 3 is 2.73 bits per heavy atom. The lowest BCUT2D eigenvalue weighted by molar-refractivity contribution is 0.158. The van der Waals surface area contributed by atoms with E-state index in [1.165, 1.54) is 29.4 Å². The normalized spacial score (nSPS) is 15.3. The van der Waals surface area contributed by atoms with Crippen molar-refractivity contribution in [1.82, 2.24) is 9.88 Å². The van der Waals surface area contributed by atoms with Crippen molar-refractivity contribution in [1.29, 1.82) is 0 Å². The minimum absolute atomic E-state index is 0.511. The fourth-order valence-electron chi connectivity index (χ4n) is 4.51. The topological polar surface area (TPSA) is 43.5 Å². The molecule has 0 saturated heterocycles. The van der Waals surface area contributed by atoms with E-state index in [4.69, 9.17) is 17.1 Å². The molecule has 0 bridgehead atoms. The van der Waals surface area contributed by atoms with E-state index in [0.717, 1.165) is 36.4 Å². The quantitative estimate of drug-likeness (QED) is 0.292. The minimum Gasteiger partial charge on any atom is -0.361 e. The average Bonchev–Trinajstić information content (AvgIpc) is 3.26. The van der Waals surface area contributed by atoms with Crippen LogP contribution in [-0.4, -0.2) is 40.7 Å². The summed E-state index contributed by atoms with van der Waals surface area (Å²) in [7, 11) is 0. The van der Waals surface area contributed by atoms with Crippen molar-refractivity contribution in [2.45, 2.75) is 46.1 Å². The summed E-state index contributed by atoms with van der Waals surface area (Å²) >= 11 is 5.69. The number of anilines is 2. The Kier molecular flexibility index (Phi) is 7.81. The highest BCUT2D eigenvalue weighted by molar-refractivity contribution is 7.80. The van der Waals surface area contributed by atoms with E-state index >= 15 is 0 Å². The molecule has 1 unspecified atom stereocenters. The first kappa shape index (κ1) is 23.5. The number of hydrogen-bond acceptors (Lipinski definition) is 3. The number of hydroxylamine groups is 1. The zero-order chi connectivity index (χ0) is 23.2. The van der Waals surface area contributed by atoms with Crippen molar-refractivity contribution < 1.29 is 4.84 Å². The highest BCUT2D eigenvalue weighted by Crippen LogP contribution is 2.32. The van der Waals surface area contributed by atoms with Gasteiger partial charge in [-0.1, -0.05) is 37.6 Å². The van der Waals surface area contributed by atoms with Gasteiger partial charge in [-0.3, -0.25) is 9.74 Å². The van der Waals surface area contributed by atoms with Crippen LogP contribution in [0.3, 0.4) is 0 Å². The molecule has 1 aromatic heterocycles. The molecule has 1 aliphatic rings. The van der Waals surface area contributed by atoms with Gasteiger partial charge in [0.2, 0.25) is 5.11 Å². The maximum absolute atomic E-state index is 5.81. The van der Waals surface area contributed by atoms with Crippen LogP contribution in [0.1, 0.15) is 45.6 Å². The maximum Gasteiger partial charge on any atom is 0.202 e. The summed E-state index contributed by atoms with van der Waals surface area (Å²) in [6.45, 7) is 9.22. The molecule has 6 heteroatoms. The number of H-pyrrole nitrogens is 1. The van der Waals surface area contributed by atoms with Gasteiger partial charge < -0.3 is 10.3 Å². The number of thiocarbonyl (C=S) groups is 1. The molecular weight excluding hydrogens is 428 g/mol. The molecule has 0 saturated carbocycles. The van der Waals surface area contributed by atoms with Crippen LogP contribution < -0.4 is 10.4 Å². The molecule has 33 heavy (non-hydrogen) atoms. The molecule has 4 rings (SSSR count). The van der Waals surface area contributed by atoms with Gasteiger partial charge >= 0.3 is 0 Å². The van der Waals surface area contributed by atoms with Gasteiger partial charge in [-0.25, -0.2) is 0 Å². The molecule has 1 aliphatic heterocycles. The Hall–Kier alpha value is -2.67. The van der Waals surface area contributed by atoms with Gasteiger partial charge in [0.15, 0.2) is 0 Å². The first-order valence-electron chi connectivity index (χ1n) is 11.9. The Labute approximate surface area is 202 Å². The van der Waals surface area contributed by atoms with Crippen LogP contribution in [0.2, 0.25) is 0 Å². The third-order valence-electron chi connectivity index (χ3n) is 6.28. The number of nitrogens with one attached hydrogen (secondary N) is 2. The first-order valence-corrected chi connectivity index (χ1v) is 12.3. The molecule has 0 aliphatic carbocycles. The van der Waals surface area contributed by atoms with Crippen molar-refractivity contribution in [3.63, 3.8) is 0 Å². The van der Waals surface area contributed by atoms with Gasteiger partial charge in [-0.15, -0.1) is 0 Å². The average molecular weight is 463 g/mol. The summed E-state index contributed by atoms with van der Waals surface area (Å²) in [6, 6.07) is 16.9. The lowest BCUT2D eigenvalue weighted by Crippen LogP contribution is -2.36. The zero-order valence-electron chi connectivity index (χ0n) is 19.8. The second-order valence-corrected chi connectivity index (χ2v) is 8.94. The summed E-state index contributed by atoms with van der Waals surface area (Å²) in [5, 5.41) is 6.76. The van der Waals surface area contributed by atoms with Gasteiger partial charge in [0.25, 0.3) is 0 Å². The molecule has 2 heterocycles. The van der Waals surface area contributed by atoms with Crippen LogP contribution in [0.4, 0.5) is 11.4 Å². The Morgan fingerprint density at radius 1 is 1.21 bits per heavy atom. The van der Waals surface area contributed by atoms with Crippen LogP contribution in [0, 0.1) is 0 Å². The molecule has 2 N–H and O–H groups in total. The number of nitrogens with zero attached hydrogens (tertiary/aromatic N) is 2.